The summed E-state index contributed by atoms with van der Waals surface area (Å²) >= 11 is 6.02. The van der Waals surface area contributed by atoms with Gasteiger partial charge in [-0.05, 0) is 91.9 Å². The lowest BCUT2D eigenvalue weighted by Gasteiger charge is -2.33. The molecule has 41 heavy (non-hydrogen) atoms. The van der Waals surface area contributed by atoms with Gasteiger partial charge in [0, 0.05) is 18.1 Å². The van der Waals surface area contributed by atoms with Crippen molar-refractivity contribution in [3.8, 4) is 5.75 Å². The number of amides is 2. The van der Waals surface area contributed by atoms with Crippen molar-refractivity contribution in [3.05, 3.63) is 88.4 Å². The predicted octanol–water partition coefficient (Wildman–Crippen LogP) is 5.49. The fourth-order valence-corrected chi connectivity index (χ4v) is 5.89. The van der Waals surface area contributed by atoms with E-state index in [0.29, 0.717) is 29.4 Å². The molecule has 8 nitrogen and oxygen atoms in total. The standard InChI is InChI=1S/C31H38ClN3O5S/c1-6-18-33-31(37)29(7-2)34(20-24-9-14-27(40-5)15-10-24)30(36)21-35(26-13-8-22(3)23(4)19-26)41(38,39)28-16-11-25(32)12-17-28/h8-17,19,29H,6-7,18,20-21H2,1-5H3,(H,33,37)/t29-/m1/s1. The SMILES string of the molecule is CCCNC(=O)[C@@H](CC)N(Cc1ccc(OC)cc1)C(=O)CN(c1ccc(C)c(C)c1)S(=O)(=O)c1ccc(Cl)cc1. The summed E-state index contributed by atoms with van der Waals surface area (Å²) in [5.74, 6) is -0.126. The monoisotopic (exact) mass is 599 g/mol. The number of methoxy groups -OCH3 is 1. The Hall–Kier alpha value is -3.56. The highest BCUT2D eigenvalue weighted by molar-refractivity contribution is 7.92. The Labute approximate surface area is 248 Å². The second-order valence-electron chi connectivity index (χ2n) is 9.82. The lowest BCUT2D eigenvalue weighted by molar-refractivity contribution is -0.140. The first-order valence-corrected chi connectivity index (χ1v) is 15.4. The molecule has 10 heteroatoms. The summed E-state index contributed by atoms with van der Waals surface area (Å²) in [4.78, 5) is 28.8. The first kappa shape index (κ1) is 32.0. The van der Waals surface area contributed by atoms with Crippen molar-refractivity contribution in [2.45, 2.75) is 58.0 Å². The van der Waals surface area contributed by atoms with Crippen molar-refractivity contribution in [1.29, 1.82) is 0 Å². The van der Waals surface area contributed by atoms with Crippen molar-refractivity contribution in [2.75, 3.05) is 24.5 Å². The highest BCUT2D eigenvalue weighted by Gasteiger charge is 2.33. The van der Waals surface area contributed by atoms with Gasteiger partial charge in [-0.25, -0.2) is 8.42 Å². The molecule has 0 saturated heterocycles. The van der Waals surface area contributed by atoms with Crippen LogP contribution in [0.25, 0.3) is 0 Å². The summed E-state index contributed by atoms with van der Waals surface area (Å²) < 4.78 is 34.3. The molecule has 3 aromatic carbocycles. The number of ether oxygens (including phenoxy) is 1. The van der Waals surface area contributed by atoms with E-state index in [1.807, 2.05) is 45.9 Å². The topological polar surface area (TPSA) is 96.0 Å². The molecule has 0 fully saturated rings. The maximum absolute atomic E-state index is 14.1. The van der Waals surface area contributed by atoms with Crippen LogP contribution in [0.3, 0.4) is 0 Å². The number of aryl methyl sites for hydroxylation is 2. The molecule has 1 N–H and O–H groups in total. The molecule has 220 valence electrons. The van der Waals surface area contributed by atoms with Crippen molar-refractivity contribution < 1.29 is 22.7 Å². The second-order valence-corrected chi connectivity index (χ2v) is 12.1. The number of nitrogens with one attached hydrogen (secondary N) is 1. The van der Waals surface area contributed by atoms with E-state index in [9.17, 15) is 18.0 Å². The van der Waals surface area contributed by atoms with Crippen LogP contribution in [-0.4, -0.2) is 51.4 Å². The molecule has 0 heterocycles. The predicted molar refractivity (Wildman–Crippen MR) is 163 cm³/mol. The number of hydrogen-bond donors (Lipinski definition) is 1. The smallest absolute Gasteiger partial charge is 0.264 e. The average molecular weight is 600 g/mol. The van der Waals surface area contributed by atoms with Crippen molar-refractivity contribution >= 4 is 39.1 Å². The summed E-state index contributed by atoms with van der Waals surface area (Å²) in [6, 6.07) is 17.5. The Balaban J connectivity index is 2.07. The molecule has 0 bridgehead atoms. The Morgan fingerprint density at radius 3 is 2.17 bits per heavy atom. The van der Waals surface area contributed by atoms with Gasteiger partial charge in [0.2, 0.25) is 11.8 Å². The fourth-order valence-electron chi connectivity index (χ4n) is 4.36. The average Bonchev–Trinajstić information content (AvgIpc) is 2.96. The number of rotatable bonds is 13. The van der Waals surface area contributed by atoms with E-state index in [1.54, 1.807) is 31.4 Å². The molecule has 0 aliphatic carbocycles. The van der Waals surface area contributed by atoms with Gasteiger partial charge in [-0.3, -0.25) is 13.9 Å². The van der Waals surface area contributed by atoms with Crippen LogP contribution >= 0.6 is 11.6 Å². The highest BCUT2D eigenvalue weighted by Crippen LogP contribution is 2.27. The van der Waals surface area contributed by atoms with Crippen LogP contribution in [0.15, 0.2) is 71.6 Å². The second kappa shape index (κ2) is 14.4. The van der Waals surface area contributed by atoms with Gasteiger partial charge in [-0.1, -0.05) is 43.6 Å². The molecule has 0 saturated carbocycles. The van der Waals surface area contributed by atoms with Crippen LogP contribution in [0.4, 0.5) is 5.69 Å². The maximum Gasteiger partial charge on any atom is 0.264 e. The van der Waals surface area contributed by atoms with Gasteiger partial charge in [-0.15, -0.1) is 0 Å². The molecule has 2 amide bonds. The van der Waals surface area contributed by atoms with E-state index in [0.717, 1.165) is 27.4 Å². The van der Waals surface area contributed by atoms with Gasteiger partial charge in [0.1, 0.15) is 18.3 Å². The normalized spacial score (nSPS) is 12.0. The van der Waals surface area contributed by atoms with Crippen LogP contribution in [0.5, 0.6) is 5.75 Å². The van der Waals surface area contributed by atoms with Crippen LogP contribution in [0, 0.1) is 13.8 Å². The number of carbonyl (C=O) groups excluding carboxylic acids is 2. The van der Waals surface area contributed by atoms with E-state index < -0.39 is 28.5 Å². The number of nitrogens with zero attached hydrogens (tertiary/aromatic N) is 2. The molecule has 3 aromatic rings. The summed E-state index contributed by atoms with van der Waals surface area (Å²) in [6.07, 6.45) is 1.10. The third kappa shape index (κ3) is 8.01. The first-order valence-electron chi connectivity index (χ1n) is 13.6. The number of benzene rings is 3. The summed E-state index contributed by atoms with van der Waals surface area (Å²) in [5.41, 5.74) is 3.00. The molecule has 0 radical (unpaired) electrons. The van der Waals surface area contributed by atoms with Gasteiger partial charge in [0.25, 0.3) is 10.0 Å². The number of anilines is 1. The molecule has 0 unspecified atom stereocenters. The quantitative estimate of drug-likeness (QED) is 0.280. The first-order chi connectivity index (χ1) is 19.5. The fraction of sp³-hybridized carbons (Fsp3) is 0.355. The molecule has 1 atom stereocenters. The summed E-state index contributed by atoms with van der Waals surface area (Å²) in [5, 5.41) is 3.28. The van der Waals surface area contributed by atoms with E-state index in [-0.39, 0.29) is 17.3 Å². The van der Waals surface area contributed by atoms with Crippen LogP contribution in [0.2, 0.25) is 5.02 Å². The Kier molecular flexibility index (Phi) is 11.2. The van der Waals surface area contributed by atoms with Crippen LogP contribution in [0.1, 0.15) is 43.4 Å². The third-order valence-electron chi connectivity index (χ3n) is 6.91. The molecular weight excluding hydrogens is 562 g/mol. The minimum Gasteiger partial charge on any atom is -0.497 e. The zero-order valence-electron chi connectivity index (χ0n) is 24.2. The number of carbonyl (C=O) groups is 2. The Morgan fingerprint density at radius 2 is 1.61 bits per heavy atom. The van der Waals surface area contributed by atoms with Crippen molar-refractivity contribution in [2.24, 2.45) is 0 Å². The molecule has 0 aliphatic heterocycles. The minimum atomic E-state index is -4.17. The van der Waals surface area contributed by atoms with Gasteiger partial charge >= 0.3 is 0 Å². The molecule has 0 aliphatic rings. The molecule has 0 spiro atoms. The Morgan fingerprint density at radius 1 is 0.951 bits per heavy atom. The largest absolute Gasteiger partial charge is 0.497 e. The van der Waals surface area contributed by atoms with Gasteiger partial charge in [0.15, 0.2) is 0 Å². The van der Waals surface area contributed by atoms with Gasteiger partial charge in [0.05, 0.1) is 17.7 Å². The summed E-state index contributed by atoms with van der Waals surface area (Å²) in [7, 11) is -2.60. The number of halogens is 1. The maximum atomic E-state index is 14.1. The molecule has 3 rings (SSSR count). The van der Waals surface area contributed by atoms with Crippen molar-refractivity contribution in [1.82, 2.24) is 10.2 Å². The summed E-state index contributed by atoms with van der Waals surface area (Å²) in [6.45, 7) is 7.68. The van der Waals surface area contributed by atoms with Crippen LogP contribution < -0.4 is 14.4 Å². The van der Waals surface area contributed by atoms with E-state index in [4.69, 9.17) is 16.3 Å². The highest BCUT2D eigenvalue weighted by atomic mass is 35.5. The third-order valence-corrected chi connectivity index (χ3v) is 8.95. The lowest BCUT2D eigenvalue weighted by Crippen LogP contribution is -2.52. The van der Waals surface area contributed by atoms with E-state index in [2.05, 4.69) is 5.32 Å². The lowest BCUT2D eigenvalue weighted by atomic mass is 10.1. The minimum absolute atomic E-state index is 0.00219. The zero-order valence-corrected chi connectivity index (χ0v) is 25.8. The molecular formula is C31H38ClN3O5S. The van der Waals surface area contributed by atoms with Gasteiger partial charge in [-0.2, -0.15) is 0 Å². The van der Waals surface area contributed by atoms with Crippen molar-refractivity contribution in [3.63, 3.8) is 0 Å². The van der Waals surface area contributed by atoms with Crippen LogP contribution in [-0.2, 0) is 26.2 Å². The Bertz CT molecular complexity index is 1440. The van der Waals surface area contributed by atoms with E-state index in [1.165, 1.54) is 29.2 Å². The zero-order chi connectivity index (χ0) is 30.2. The van der Waals surface area contributed by atoms with E-state index >= 15 is 0 Å². The molecule has 0 aromatic heterocycles. The van der Waals surface area contributed by atoms with Gasteiger partial charge < -0.3 is 15.0 Å². The number of hydrogen-bond acceptors (Lipinski definition) is 5. The number of sulfonamides is 1.